The number of carbonyl (C=O) groups is 1. The Kier molecular flexibility index (Phi) is 3.05. The van der Waals surface area contributed by atoms with Crippen LogP contribution in [-0.2, 0) is 0 Å². The highest BCUT2D eigenvalue weighted by Crippen LogP contribution is 2.20. The molecule has 0 aromatic carbocycles. The minimum atomic E-state index is -1.05. The number of hydrogen-bond donors (Lipinski definition) is 2. The second kappa shape index (κ2) is 4.06. The van der Waals surface area contributed by atoms with Crippen LogP contribution in [-0.4, -0.2) is 28.2 Å². The van der Waals surface area contributed by atoms with Gasteiger partial charge in [-0.05, 0) is 12.8 Å². The fourth-order valence-corrected chi connectivity index (χ4v) is 1.61. The first kappa shape index (κ1) is 9.76. The van der Waals surface area contributed by atoms with E-state index in [0.717, 1.165) is 0 Å². The van der Waals surface area contributed by atoms with Crippen molar-refractivity contribution in [3.63, 3.8) is 0 Å². The van der Waals surface area contributed by atoms with Crippen LogP contribution in [0.2, 0.25) is 0 Å². The van der Waals surface area contributed by atoms with Crippen molar-refractivity contribution in [3.8, 4) is 0 Å². The fourth-order valence-electron chi connectivity index (χ4n) is 1.61. The van der Waals surface area contributed by atoms with Crippen LogP contribution in [0.25, 0.3) is 0 Å². The van der Waals surface area contributed by atoms with Crippen molar-refractivity contribution in [2.45, 2.75) is 37.8 Å². The van der Waals surface area contributed by atoms with E-state index in [1.165, 1.54) is 0 Å². The monoisotopic (exact) mass is 188 g/mol. The van der Waals surface area contributed by atoms with E-state index in [4.69, 9.17) is 5.11 Å². The SMILES string of the molecule is O=C(O)N[C@H]1CC[C@H]([N+](=O)[O-])CC1. The summed E-state index contributed by atoms with van der Waals surface area (Å²) in [6.07, 6.45) is 1.02. The molecule has 0 aromatic heterocycles. The summed E-state index contributed by atoms with van der Waals surface area (Å²) in [6.45, 7) is 0. The zero-order valence-corrected chi connectivity index (χ0v) is 7.10. The molecule has 0 aromatic rings. The molecule has 1 saturated carbocycles. The predicted octanol–water partition coefficient (Wildman–Crippen LogP) is 0.842. The molecule has 1 aliphatic rings. The quantitative estimate of drug-likeness (QED) is 0.496. The van der Waals surface area contributed by atoms with E-state index in [1.807, 2.05) is 0 Å². The Morgan fingerprint density at radius 3 is 2.31 bits per heavy atom. The highest BCUT2D eigenvalue weighted by Gasteiger charge is 2.28. The normalized spacial score (nSPS) is 28.0. The summed E-state index contributed by atoms with van der Waals surface area (Å²) < 4.78 is 0. The molecule has 0 spiro atoms. The fraction of sp³-hybridized carbons (Fsp3) is 0.857. The third-order valence-corrected chi connectivity index (χ3v) is 2.32. The van der Waals surface area contributed by atoms with Crippen LogP contribution in [0.5, 0.6) is 0 Å². The van der Waals surface area contributed by atoms with Crippen molar-refractivity contribution in [2.75, 3.05) is 0 Å². The van der Waals surface area contributed by atoms with Crippen molar-refractivity contribution in [3.05, 3.63) is 10.1 Å². The predicted molar refractivity (Wildman–Crippen MR) is 44.2 cm³/mol. The molecule has 0 saturated heterocycles. The topological polar surface area (TPSA) is 92.5 Å². The van der Waals surface area contributed by atoms with E-state index in [2.05, 4.69) is 5.32 Å². The van der Waals surface area contributed by atoms with Crippen molar-refractivity contribution in [1.82, 2.24) is 5.32 Å². The van der Waals surface area contributed by atoms with Crippen LogP contribution < -0.4 is 5.32 Å². The van der Waals surface area contributed by atoms with Gasteiger partial charge in [-0.3, -0.25) is 10.1 Å². The second-order valence-electron chi connectivity index (χ2n) is 3.24. The third-order valence-electron chi connectivity index (χ3n) is 2.32. The number of rotatable bonds is 2. The van der Waals surface area contributed by atoms with Crippen molar-refractivity contribution in [2.24, 2.45) is 0 Å². The van der Waals surface area contributed by atoms with Gasteiger partial charge in [0.25, 0.3) is 0 Å². The van der Waals surface area contributed by atoms with E-state index in [-0.39, 0.29) is 11.0 Å². The van der Waals surface area contributed by atoms with Gasteiger partial charge in [0.05, 0.1) is 0 Å². The highest BCUT2D eigenvalue weighted by atomic mass is 16.6. The van der Waals surface area contributed by atoms with Gasteiger partial charge in [-0.2, -0.15) is 0 Å². The Hall–Kier alpha value is -1.33. The molecule has 6 heteroatoms. The molecule has 2 N–H and O–H groups in total. The molecule has 1 rings (SSSR count). The van der Waals surface area contributed by atoms with E-state index in [0.29, 0.717) is 25.7 Å². The highest BCUT2D eigenvalue weighted by molar-refractivity contribution is 5.64. The van der Waals surface area contributed by atoms with Gasteiger partial charge in [0.2, 0.25) is 6.04 Å². The standard InChI is InChI=1S/C7H12N2O4/c10-7(11)8-5-1-3-6(4-2-5)9(12)13/h5-6,8H,1-4H2,(H,10,11)/t5-,6-. The minimum absolute atomic E-state index is 0.103. The zero-order valence-electron chi connectivity index (χ0n) is 7.10. The molecule has 0 radical (unpaired) electrons. The van der Waals surface area contributed by atoms with E-state index in [9.17, 15) is 14.9 Å². The first-order valence-electron chi connectivity index (χ1n) is 4.22. The molecular weight excluding hydrogens is 176 g/mol. The summed E-state index contributed by atoms with van der Waals surface area (Å²) in [4.78, 5) is 20.3. The number of hydrogen-bond acceptors (Lipinski definition) is 3. The molecule has 0 bridgehead atoms. The molecule has 1 aliphatic carbocycles. The Labute approximate surface area is 75.1 Å². The Balaban J connectivity index is 2.30. The maximum absolute atomic E-state index is 10.4. The molecule has 13 heavy (non-hydrogen) atoms. The number of nitrogens with zero attached hydrogens (tertiary/aromatic N) is 1. The van der Waals surface area contributed by atoms with Gasteiger partial charge in [-0.15, -0.1) is 0 Å². The molecule has 0 aliphatic heterocycles. The minimum Gasteiger partial charge on any atom is -0.465 e. The van der Waals surface area contributed by atoms with Gasteiger partial charge in [0.15, 0.2) is 0 Å². The first-order valence-corrected chi connectivity index (χ1v) is 4.22. The number of nitrogens with one attached hydrogen (secondary N) is 1. The van der Waals surface area contributed by atoms with E-state index >= 15 is 0 Å². The lowest BCUT2D eigenvalue weighted by Crippen LogP contribution is -2.39. The number of nitro groups is 1. The molecule has 0 heterocycles. The summed E-state index contributed by atoms with van der Waals surface area (Å²) in [5.41, 5.74) is 0. The van der Waals surface area contributed by atoms with Crippen LogP contribution in [0.15, 0.2) is 0 Å². The lowest BCUT2D eigenvalue weighted by atomic mass is 9.92. The first-order chi connectivity index (χ1) is 6.09. The number of carboxylic acid groups (broad SMARTS) is 1. The summed E-state index contributed by atoms with van der Waals surface area (Å²) in [5.74, 6) is 0. The molecule has 1 amide bonds. The zero-order chi connectivity index (χ0) is 9.84. The van der Waals surface area contributed by atoms with Gasteiger partial charge in [-0.1, -0.05) is 0 Å². The Morgan fingerprint density at radius 1 is 1.38 bits per heavy atom. The van der Waals surface area contributed by atoms with Gasteiger partial charge in [0.1, 0.15) is 0 Å². The summed E-state index contributed by atoms with van der Waals surface area (Å²) in [6, 6.07) is -0.583. The average Bonchev–Trinajstić information content (AvgIpc) is 2.04. The summed E-state index contributed by atoms with van der Waals surface area (Å²) in [7, 11) is 0. The second-order valence-corrected chi connectivity index (χ2v) is 3.24. The van der Waals surface area contributed by atoms with Crippen molar-refractivity contribution in [1.29, 1.82) is 0 Å². The van der Waals surface area contributed by atoms with Gasteiger partial charge in [0, 0.05) is 23.8 Å². The molecule has 0 unspecified atom stereocenters. The van der Waals surface area contributed by atoms with Crippen LogP contribution in [0.4, 0.5) is 4.79 Å². The van der Waals surface area contributed by atoms with Crippen LogP contribution in [0, 0.1) is 10.1 Å². The van der Waals surface area contributed by atoms with Crippen molar-refractivity contribution >= 4 is 6.09 Å². The lowest BCUT2D eigenvalue weighted by Gasteiger charge is -2.23. The number of amides is 1. The Morgan fingerprint density at radius 2 is 1.92 bits per heavy atom. The maximum atomic E-state index is 10.4. The molecule has 74 valence electrons. The lowest BCUT2D eigenvalue weighted by molar-refractivity contribution is -0.526. The third kappa shape index (κ3) is 2.89. The van der Waals surface area contributed by atoms with Gasteiger partial charge >= 0.3 is 6.09 Å². The van der Waals surface area contributed by atoms with Crippen molar-refractivity contribution < 1.29 is 14.8 Å². The van der Waals surface area contributed by atoms with E-state index in [1.54, 1.807) is 0 Å². The molecule has 1 fully saturated rings. The summed E-state index contributed by atoms with van der Waals surface area (Å²) in [5, 5.41) is 21.1. The van der Waals surface area contributed by atoms with Crippen LogP contribution in [0.1, 0.15) is 25.7 Å². The Bertz CT molecular complexity index is 211. The average molecular weight is 188 g/mol. The molecule has 0 atom stereocenters. The molecular formula is C7H12N2O4. The van der Waals surface area contributed by atoms with Crippen LogP contribution >= 0.6 is 0 Å². The van der Waals surface area contributed by atoms with Gasteiger partial charge < -0.3 is 10.4 Å². The smallest absolute Gasteiger partial charge is 0.404 e. The largest absolute Gasteiger partial charge is 0.465 e. The van der Waals surface area contributed by atoms with E-state index < -0.39 is 12.1 Å². The maximum Gasteiger partial charge on any atom is 0.404 e. The van der Waals surface area contributed by atoms with Crippen LogP contribution in [0.3, 0.4) is 0 Å². The van der Waals surface area contributed by atoms with Gasteiger partial charge in [-0.25, -0.2) is 4.79 Å². The summed E-state index contributed by atoms with van der Waals surface area (Å²) >= 11 is 0. The molecule has 6 nitrogen and oxygen atoms in total.